The maximum atomic E-state index is 5.81. The third-order valence-electron chi connectivity index (χ3n) is 2.94. The number of benzene rings is 2. The highest BCUT2D eigenvalue weighted by Gasteiger charge is 2.08. The first-order chi connectivity index (χ1) is 9.24. The fourth-order valence-electron chi connectivity index (χ4n) is 1.95. The molecule has 0 bridgehead atoms. The molecule has 0 saturated heterocycles. The van der Waals surface area contributed by atoms with Crippen LogP contribution in [0.15, 0.2) is 46.9 Å². The van der Waals surface area contributed by atoms with Crippen LogP contribution in [0.25, 0.3) is 11.1 Å². The Labute approximate surface area is 110 Å². The van der Waals surface area contributed by atoms with Gasteiger partial charge in [0.1, 0.15) is 11.3 Å². The molecule has 2 aromatic carbocycles. The van der Waals surface area contributed by atoms with Gasteiger partial charge in [-0.15, -0.1) is 0 Å². The lowest BCUT2D eigenvalue weighted by Crippen LogP contribution is -1.98. The number of aromatic nitrogens is 1. The van der Waals surface area contributed by atoms with Crippen LogP contribution in [0.1, 0.15) is 11.5 Å². The van der Waals surface area contributed by atoms with Gasteiger partial charge < -0.3 is 14.9 Å². The van der Waals surface area contributed by atoms with Gasteiger partial charge >= 0.3 is 0 Å². The molecule has 1 aromatic heterocycles. The van der Waals surface area contributed by atoms with Crippen molar-refractivity contribution in [3.05, 3.63) is 53.9 Å². The van der Waals surface area contributed by atoms with E-state index in [1.807, 2.05) is 43.3 Å². The maximum absolute atomic E-state index is 5.81. The summed E-state index contributed by atoms with van der Waals surface area (Å²) in [6.45, 7) is 2.27. The Morgan fingerprint density at radius 3 is 2.79 bits per heavy atom. The zero-order valence-electron chi connectivity index (χ0n) is 10.6. The minimum absolute atomic E-state index is 0.266. The quantitative estimate of drug-likeness (QED) is 0.728. The zero-order valence-corrected chi connectivity index (χ0v) is 10.6. The van der Waals surface area contributed by atoms with Crippen molar-refractivity contribution >= 4 is 16.8 Å². The lowest BCUT2D eigenvalue weighted by atomic mass is 10.2. The minimum Gasteiger partial charge on any atom is -0.482 e. The van der Waals surface area contributed by atoms with E-state index in [1.54, 1.807) is 6.07 Å². The summed E-state index contributed by atoms with van der Waals surface area (Å²) in [5, 5.41) is 0. The smallest absolute Gasteiger partial charge is 0.233 e. The summed E-state index contributed by atoms with van der Waals surface area (Å²) in [4.78, 5) is 4.42. The molecule has 0 saturated carbocycles. The summed E-state index contributed by atoms with van der Waals surface area (Å²) < 4.78 is 11.2. The molecule has 2 N–H and O–H groups in total. The topological polar surface area (TPSA) is 61.3 Å². The van der Waals surface area contributed by atoms with Gasteiger partial charge in [-0.3, -0.25) is 0 Å². The van der Waals surface area contributed by atoms with Crippen LogP contribution in [-0.4, -0.2) is 4.98 Å². The van der Waals surface area contributed by atoms with Crippen LogP contribution >= 0.6 is 0 Å². The first-order valence-corrected chi connectivity index (χ1v) is 6.06. The largest absolute Gasteiger partial charge is 0.482 e. The summed E-state index contributed by atoms with van der Waals surface area (Å²) in [6, 6.07) is 13.2. The Hall–Kier alpha value is -2.49. The van der Waals surface area contributed by atoms with Crippen molar-refractivity contribution in [2.24, 2.45) is 0 Å². The summed E-state index contributed by atoms with van der Waals surface area (Å²) >= 11 is 0. The number of nitrogens with zero attached hydrogens (tertiary/aromatic N) is 1. The molecule has 0 unspecified atom stereocenters. The second-order valence-electron chi connectivity index (χ2n) is 4.36. The summed E-state index contributed by atoms with van der Waals surface area (Å²) in [6.07, 6.45) is 0. The number of para-hydroxylation sites is 3. The third kappa shape index (κ3) is 2.25. The number of nitrogen functional groups attached to an aromatic ring is 1. The van der Waals surface area contributed by atoms with Gasteiger partial charge in [-0.1, -0.05) is 24.3 Å². The van der Waals surface area contributed by atoms with Gasteiger partial charge in [0.2, 0.25) is 5.89 Å². The second kappa shape index (κ2) is 4.65. The predicted octanol–water partition coefficient (Wildman–Crippen LogP) is 3.30. The summed E-state index contributed by atoms with van der Waals surface area (Å²) in [7, 11) is 0. The first kappa shape index (κ1) is 11.6. The highest BCUT2D eigenvalue weighted by molar-refractivity contribution is 5.76. The second-order valence-corrected chi connectivity index (χ2v) is 4.36. The van der Waals surface area contributed by atoms with E-state index < -0.39 is 0 Å². The van der Waals surface area contributed by atoms with Crippen molar-refractivity contribution in [1.82, 2.24) is 4.98 Å². The van der Waals surface area contributed by atoms with Gasteiger partial charge in [-0.05, 0) is 30.7 Å². The average Bonchev–Trinajstić information content (AvgIpc) is 2.82. The molecule has 0 fully saturated rings. The van der Waals surface area contributed by atoms with Crippen molar-refractivity contribution in [2.75, 3.05) is 5.73 Å². The molecule has 0 aliphatic heterocycles. The molecule has 0 radical (unpaired) electrons. The highest BCUT2D eigenvalue weighted by atomic mass is 16.5. The molecule has 1 heterocycles. The standard InChI is InChI=1S/C15H14N2O2/c1-10-5-4-8-13-15(10)17-14(19-13)9-18-12-7-3-2-6-11(12)16/h2-8H,9,16H2,1H3. The van der Waals surface area contributed by atoms with E-state index in [0.29, 0.717) is 17.3 Å². The van der Waals surface area contributed by atoms with E-state index in [2.05, 4.69) is 4.98 Å². The van der Waals surface area contributed by atoms with E-state index in [4.69, 9.17) is 14.9 Å². The van der Waals surface area contributed by atoms with Gasteiger partial charge in [-0.25, -0.2) is 4.98 Å². The Morgan fingerprint density at radius 2 is 2.00 bits per heavy atom. The van der Waals surface area contributed by atoms with Crippen molar-refractivity contribution in [1.29, 1.82) is 0 Å². The monoisotopic (exact) mass is 254 g/mol. The van der Waals surface area contributed by atoms with Crippen LogP contribution in [0.3, 0.4) is 0 Å². The van der Waals surface area contributed by atoms with Crippen LogP contribution in [0, 0.1) is 6.92 Å². The van der Waals surface area contributed by atoms with Crippen molar-refractivity contribution in [3.63, 3.8) is 0 Å². The fourth-order valence-corrected chi connectivity index (χ4v) is 1.95. The molecular formula is C15H14N2O2. The Bertz CT molecular complexity index is 719. The lowest BCUT2D eigenvalue weighted by molar-refractivity contribution is 0.268. The molecule has 19 heavy (non-hydrogen) atoms. The SMILES string of the molecule is Cc1cccc2oc(COc3ccccc3N)nc12. The zero-order chi connectivity index (χ0) is 13.2. The summed E-state index contributed by atoms with van der Waals surface area (Å²) in [5.74, 6) is 1.19. The van der Waals surface area contributed by atoms with Gasteiger partial charge in [0.25, 0.3) is 0 Å². The molecule has 0 spiro atoms. The third-order valence-corrected chi connectivity index (χ3v) is 2.94. The number of aryl methyl sites for hydroxylation is 1. The molecule has 0 aliphatic carbocycles. The minimum atomic E-state index is 0.266. The molecule has 96 valence electrons. The molecule has 3 rings (SSSR count). The number of hydrogen-bond acceptors (Lipinski definition) is 4. The number of nitrogens with two attached hydrogens (primary N) is 1. The van der Waals surface area contributed by atoms with Crippen LogP contribution < -0.4 is 10.5 Å². The van der Waals surface area contributed by atoms with E-state index >= 15 is 0 Å². The van der Waals surface area contributed by atoms with Crippen LogP contribution in [0.2, 0.25) is 0 Å². The van der Waals surface area contributed by atoms with E-state index in [0.717, 1.165) is 16.7 Å². The molecule has 0 aliphatic rings. The Morgan fingerprint density at radius 1 is 1.16 bits per heavy atom. The molecule has 0 amide bonds. The molecule has 4 heteroatoms. The Kier molecular flexibility index (Phi) is 2.83. The molecule has 0 atom stereocenters. The van der Waals surface area contributed by atoms with Crippen molar-refractivity contribution < 1.29 is 9.15 Å². The van der Waals surface area contributed by atoms with Crippen molar-refractivity contribution in [2.45, 2.75) is 13.5 Å². The first-order valence-electron chi connectivity index (χ1n) is 6.06. The number of anilines is 1. The number of hydrogen-bond donors (Lipinski definition) is 1. The van der Waals surface area contributed by atoms with Crippen LogP contribution in [-0.2, 0) is 6.61 Å². The van der Waals surface area contributed by atoms with Gasteiger partial charge in [0, 0.05) is 0 Å². The Balaban J connectivity index is 1.83. The van der Waals surface area contributed by atoms with Gasteiger partial charge in [0.05, 0.1) is 5.69 Å². The van der Waals surface area contributed by atoms with Crippen LogP contribution in [0.4, 0.5) is 5.69 Å². The number of oxazole rings is 1. The lowest BCUT2D eigenvalue weighted by Gasteiger charge is -2.05. The molecule has 3 aromatic rings. The fraction of sp³-hybridized carbons (Fsp3) is 0.133. The predicted molar refractivity (Wildman–Crippen MR) is 73.9 cm³/mol. The number of ether oxygens (including phenoxy) is 1. The van der Waals surface area contributed by atoms with Crippen molar-refractivity contribution in [3.8, 4) is 5.75 Å². The molecule has 4 nitrogen and oxygen atoms in total. The number of fused-ring (bicyclic) bond motifs is 1. The van der Waals surface area contributed by atoms with Gasteiger partial charge in [0.15, 0.2) is 12.2 Å². The van der Waals surface area contributed by atoms with E-state index in [1.165, 1.54) is 0 Å². The van der Waals surface area contributed by atoms with Gasteiger partial charge in [-0.2, -0.15) is 0 Å². The van der Waals surface area contributed by atoms with E-state index in [9.17, 15) is 0 Å². The average molecular weight is 254 g/mol. The summed E-state index contributed by atoms with van der Waals surface area (Å²) in [5.41, 5.74) is 9.16. The maximum Gasteiger partial charge on any atom is 0.233 e. The normalized spacial score (nSPS) is 10.8. The highest BCUT2D eigenvalue weighted by Crippen LogP contribution is 2.23. The molecular weight excluding hydrogens is 240 g/mol. The number of rotatable bonds is 3. The van der Waals surface area contributed by atoms with Crippen LogP contribution in [0.5, 0.6) is 5.75 Å². The van der Waals surface area contributed by atoms with E-state index in [-0.39, 0.29) is 6.61 Å².